The summed E-state index contributed by atoms with van der Waals surface area (Å²) in [7, 11) is 2.14. The summed E-state index contributed by atoms with van der Waals surface area (Å²) in [6, 6.07) is 6.59. The average Bonchev–Trinajstić information content (AvgIpc) is 2.81. The number of hydrogen-bond donors (Lipinski definition) is 0. The van der Waals surface area contributed by atoms with Crippen LogP contribution in [0.1, 0.15) is 24.5 Å². The zero-order valence-corrected chi connectivity index (χ0v) is 13.1. The van der Waals surface area contributed by atoms with Crippen LogP contribution >= 0.6 is 0 Å². The number of fused-ring (bicyclic) bond motifs is 1. The third-order valence-electron chi connectivity index (χ3n) is 4.99. The second-order valence-electron chi connectivity index (χ2n) is 6.49. The van der Waals surface area contributed by atoms with E-state index in [0.717, 1.165) is 37.2 Å². The van der Waals surface area contributed by atoms with Crippen molar-refractivity contribution in [1.82, 2.24) is 14.9 Å². The molecule has 112 valence electrons. The topological polar surface area (TPSA) is 41.4 Å². The standard InChI is InChI=1S/C18H20N4/c1-13-21-18(11-22(13)2)7-6-17-14(8-18)4-3-5-16(17)15-9-19-12-20-10-15/h3-5,9-10,12H,6-8,11H2,1-2H3. The van der Waals surface area contributed by atoms with Crippen LogP contribution in [-0.4, -0.2) is 39.8 Å². The molecule has 2 aromatic rings. The van der Waals surface area contributed by atoms with Crippen LogP contribution in [0.25, 0.3) is 11.1 Å². The maximum absolute atomic E-state index is 4.98. The van der Waals surface area contributed by atoms with Gasteiger partial charge in [0, 0.05) is 31.5 Å². The largest absolute Gasteiger partial charge is 0.361 e. The van der Waals surface area contributed by atoms with Gasteiger partial charge < -0.3 is 4.90 Å². The van der Waals surface area contributed by atoms with Gasteiger partial charge in [-0.05, 0) is 42.9 Å². The van der Waals surface area contributed by atoms with Gasteiger partial charge in [-0.3, -0.25) is 4.99 Å². The van der Waals surface area contributed by atoms with Crippen molar-refractivity contribution in [2.24, 2.45) is 4.99 Å². The molecule has 0 saturated carbocycles. The van der Waals surface area contributed by atoms with Crippen molar-refractivity contribution in [3.63, 3.8) is 0 Å². The Morgan fingerprint density at radius 3 is 2.73 bits per heavy atom. The van der Waals surface area contributed by atoms with Crippen LogP contribution in [0.15, 0.2) is 41.9 Å². The van der Waals surface area contributed by atoms with Gasteiger partial charge in [0.25, 0.3) is 0 Å². The van der Waals surface area contributed by atoms with Crippen molar-refractivity contribution in [2.75, 3.05) is 13.6 Å². The molecule has 1 atom stereocenters. The fourth-order valence-electron chi connectivity index (χ4n) is 3.85. The van der Waals surface area contributed by atoms with Crippen LogP contribution in [-0.2, 0) is 12.8 Å². The van der Waals surface area contributed by atoms with Crippen molar-refractivity contribution in [3.8, 4) is 11.1 Å². The lowest BCUT2D eigenvalue weighted by atomic mass is 9.76. The van der Waals surface area contributed by atoms with E-state index < -0.39 is 0 Å². The van der Waals surface area contributed by atoms with Crippen molar-refractivity contribution < 1.29 is 0 Å². The molecule has 1 aromatic carbocycles. The second-order valence-corrected chi connectivity index (χ2v) is 6.49. The minimum atomic E-state index is 0.0810. The molecule has 0 bridgehead atoms. The van der Waals surface area contributed by atoms with Gasteiger partial charge in [0.2, 0.25) is 0 Å². The third-order valence-corrected chi connectivity index (χ3v) is 4.99. The summed E-state index contributed by atoms with van der Waals surface area (Å²) in [5, 5.41) is 0. The molecule has 4 nitrogen and oxygen atoms in total. The van der Waals surface area contributed by atoms with Crippen LogP contribution in [0.4, 0.5) is 0 Å². The summed E-state index contributed by atoms with van der Waals surface area (Å²) >= 11 is 0. The highest BCUT2D eigenvalue weighted by molar-refractivity contribution is 5.82. The van der Waals surface area contributed by atoms with Crippen LogP contribution in [0.3, 0.4) is 0 Å². The molecule has 0 saturated heterocycles. The van der Waals surface area contributed by atoms with Crippen LogP contribution in [0.5, 0.6) is 0 Å². The third kappa shape index (κ3) is 2.10. The molecular weight excluding hydrogens is 272 g/mol. The van der Waals surface area contributed by atoms with Gasteiger partial charge in [-0.15, -0.1) is 0 Å². The Labute approximate surface area is 130 Å². The molecule has 4 heteroatoms. The number of benzene rings is 1. The molecule has 2 heterocycles. The Hall–Kier alpha value is -2.23. The molecule has 4 rings (SSSR count). The van der Waals surface area contributed by atoms with Crippen LogP contribution < -0.4 is 0 Å². The molecule has 1 unspecified atom stereocenters. The van der Waals surface area contributed by atoms with Crippen molar-refractivity contribution >= 4 is 5.84 Å². The zero-order chi connectivity index (χ0) is 15.2. The lowest BCUT2D eigenvalue weighted by molar-refractivity contribution is 0.335. The van der Waals surface area contributed by atoms with Crippen molar-refractivity contribution in [3.05, 3.63) is 48.0 Å². The fourth-order valence-corrected chi connectivity index (χ4v) is 3.85. The molecule has 1 spiro atoms. The van der Waals surface area contributed by atoms with E-state index >= 15 is 0 Å². The Balaban J connectivity index is 1.74. The smallest absolute Gasteiger partial charge is 0.115 e. The molecule has 0 fully saturated rings. The summed E-state index contributed by atoms with van der Waals surface area (Å²) in [6.45, 7) is 3.15. The lowest BCUT2D eigenvalue weighted by Gasteiger charge is -2.33. The first-order valence-corrected chi connectivity index (χ1v) is 7.81. The Morgan fingerprint density at radius 1 is 1.18 bits per heavy atom. The summed E-state index contributed by atoms with van der Waals surface area (Å²) < 4.78 is 0. The molecule has 0 amide bonds. The number of aliphatic imine (C=N–C) groups is 1. The van der Waals surface area contributed by atoms with E-state index in [4.69, 9.17) is 4.99 Å². The maximum Gasteiger partial charge on any atom is 0.115 e. The highest BCUT2D eigenvalue weighted by atomic mass is 15.2. The maximum atomic E-state index is 4.98. The first-order valence-electron chi connectivity index (χ1n) is 7.81. The van der Waals surface area contributed by atoms with Gasteiger partial charge in [-0.25, -0.2) is 9.97 Å². The Kier molecular flexibility index (Phi) is 2.99. The van der Waals surface area contributed by atoms with Crippen LogP contribution in [0.2, 0.25) is 0 Å². The average molecular weight is 292 g/mol. The quantitative estimate of drug-likeness (QED) is 0.811. The first kappa shape index (κ1) is 13.4. The van der Waals surface area contributed by atoms with E-state index in [1.54, 1.807) is 6.33 Å². The minimum absolute atomic E-state index is 0.0810. The van der Waals surface area contributed by atoms with E-state index in [9.17, 15) is 0 Å². The van der Waals surface area contributed by atoms with Gasteiger partial charge in [0.05, 0.1) is 11.4 Å². The van der Waals surface area contributed by atoms with Crippen molar-refractivity contribution in [1.29, 1.82) is 0 Å². The van der Waals surface area contributed by atoms with Crippen LogP contribution in [0, 0.1) is 0 Å². The molecule has 22 heavy (non-hydrogen) atoms. The predicted molar refractivity (Wildman–Crippen MR) is 88.0 cm³/mol. The molecule has 1 aromatic heterocycles. The number of rotatable bonds is 1. The normalized spacial score (nSPS) is 23.5. The van der Waals surface area contributed by atoms with Crippen molar-refractivity contribution in [2.45, 2.75) is 31.7 Å². The van der Waals surface area contributed by atoms with E-state index in [1.165, 1.54) is 16.7 Å². The SMILES string of the molecule is CC1=NC2(CCc3c(cccc3-c3cncnc3)C2)CN1C. The minimum Gasteiger partial charge on any atom is -0.361 e. The Bertz CT molecular complexity index is 738. The number of hydrogen-bond acceptors (Lipinski definition) is 4. The molecule has 1 aliphatic carbocycles. The molecule has 0 N–H and O–H groups in total. The van der Waals surface area contributed by atoms with Gasteiger partial charge in [-0.1, -0.05) is 18.2 Å². The fraction of sp³-hybridized carbons (Fsp3) is 0.389. The van der Waals surface area contributed by atoms with E-state index in [-0.39, 0.29) is 5.54 Å². The number of amidine groups is 1. The van der Waals surface area contributed by atoms with E-state index in [0.29, 0.717) is 0 Å². The van der Waals surface area contributed by atoms with Gasteiger partial charge >= 0.3 is 0 Å². The molecule has 0 radical (unpaired) electrons. The first-order chi connectivity index (χ1) is 10.7. The predicted octanol–water partition coefficient (Wildman–Crippen LogP) is 2.73. The molecule has 2 aliphatic rings. The zero-order valence-electron chi connectivity index (χ0n) is 13.1. The summed E-state index contributed by atoms with van der Waals surface area (Å²) in [6.07, 6.45) is 8.61. The molecule has 1 aliphatic heterocycles. The summed E-state index contributed by atoms with van der Waals surface area (Å²) in [4.78, 5) is 15.6. The number of aromatic nitrogens is 2. The highest BCUT2D eigenvalue weighted by Gasteiger charge is 2.39. The number of likely N-dealkylation sites (N-methyl/N-ethyl adjacent to an activating group) is 1. The Morgan fingerprint density at radius 2 is 2.00 bits per heavy atom. The molecular formula is C18H20N4. The second kappa shape index (κ2) is 4.90. The number of nitrogens with zero attached hydrogens (tertiary/aromatic N) is 4. The van der Waals surface area contributed by atoms with Gasteiger partial charge in [0.15, 0.2) is 0 Å². The summed E-state index contributed by atoms with van der Waals surface area (Å²) in [5.74, 6) is 1.16. The monoisotopic (exact) mass is 292 g/mol. The lowest BCUT2D eigenvalue weighted by Crippen LogP contribution is -2.39. The summed E-state index contributed by atoms with van der Waals surface area (Å²) in [5.41, 5.74) is 5.35. The van der Waals surface area contributed by atoms with E-state index in [2.05, 4.69) is 47.0 Å². The highest BCUT2D eigenvalue weighted by Crippen LogP contribution is 2.39. The van der Waals surface area contributed by atoms with E-state index in [1.807, 2.05) is 12.4 Å². The van der Waals surface area contributed by atoms with Gasteiger partial charge in [-0.2, -0.15) is 0 Å². The van der Waals surface area contributed by atoms with Gasteiger partial charge in [0.1, 0.15) is 6.33 Å².